The number of nitrogens with zero attached hydrogens (tertiary/aromatic N) is 5. The molecule has 0 bridgehead atoms. The second-order valence-corrected chi connectivity index (χ2v) is 6.17. The Bertz CT molecular complexity index is 928. The molecule has 0 radical (unpaired) electrons. The second-order valence-electron chi connectivity index (χ2n) is 5.40. The number of nitriles is 1. The van der Waals surface area contributed by atoms with E-state index in [1.807, 2.05) is 49.1 Å². The zero-order valence-electron chi connectivity index (χ0n) is 14.3. The molecule has 2 aromatic heterocycles. The number of benzene rings is 1. The highest BCUT2D eigenvalue weighted by Crippen LogP contribution is 2.27. The van der Waals surface area contributed by atoms with E-state index < -0.39 is 5.92 Å². The highest BCUT2D eigenvalue weighted by atomic mass is 32.2. The summed E-state index contributed by atoms with van der Waals surface area (Å²) in [5.41, 5.74) is 8.53. The zero-order chi connectivity index (χ0) is 17.8. The van der Waals surface area contributed by atoms with E-state index >= 15 is 0 Å². The largest absolute Gasteiger partial charge is 0.330 e. The van der Waals surface area contributed by atoms with Gasteiger partial charge in [-0.1, -0.05) is 30.8 Å². The molecule has 3 rings (SSSR count). The lowest BCUT2D eigenvalue weighted by molar-refractivity contribution is 0.760. The SMILES string of the molecule is CCNNc1cc(C(C#N)c2nc3ccccc3n2C)nc(SC)n1. The number of rotatable bonds is 6. The zero-order valence-corrected chi connectivity index (χ0v) is 15.1. The van der Waals surface area contributed by atoms with Gasteiger partial charge in [0, 0.05) is 19.7 Å². The minimum absolute atomic E-state index is 0.575. The lowest BCUT2D eigenvalue weighted by Crippen LogP contribution is -2.22. The summed E-state index contributed by atoms with van der Waals surface area (Å²) in [4.78, 5) is 13.6. The first-order valence-corrected chi connectivity index (χ1v) is 9.13. The van der Waals surface area contributed by atoms with Crippen molar-refractivity contribution in [2.24, 2.45) is 7.05 Å². The van der Waals surface area contributed by atoms with Crippen LogP contribution in [0.2, 0.25) is 0 Å². The van der Waals surface area contributed by atoms with Crippen molar-refractivity contribution in [3.05, 3.63) is 41.9 Å². The molecule has 0 aliphatic carbocycles. The van der Waals surface area contributed by atoms with Crippen LogP contribution >= 0.6 is 11.8 Å². The molecule has 0 saturated heterocycles. The van der Waals surface area contributed by atoms with Crippen molar-refractivity contribution in [3.63, 3.8) is 0 Å². The standard InChI is InChI=1S/C17H19N7S/c1-4-19-23-15-9-13(21-17(22-15)25-3)11(10-18)16-20-12-7-5-6-8-14(12)24(16)2/h5-9,11,19H,4H2,1-3H3,(H,21,22,23). The number of nitrogens with one attached hydrogen (secondary N) is 2. The Hall–Kier alpha value is -2.63. The van der Waals surface area contributed by atoms with Crippen LogP contribution in [0.3, 0.4) is 0 Å². The van der Waals surface area contributed by atoms with Gasteiger partial charge in [0.2, 0.25) is 0 Å². The van der Waals surface area contributed by atoms with Crippen molar-refractivity contribution in [1.29, 1.82) is 5.26 Å². The number of fused-ring (bicyclic) bond motifs is 1. The molecule has 3 aromatic rings. The number of hydrogen-bond acceptors (Lipinski definition) is 7. The van der Waals surface area contributed by atoms with Gasteiger partial charge < -0.3 is 9.99 Å². The molecule has 0 fully saturated rings. The van der Waals surface area contributed by atoms with Crippen molar-refractivity contribution >= 4 is 28.6 Å². The monoisotopic (exact) mass is 353 g/mol. The van der Waals surface area contributed by atoms with Crippen molar-refractivity contribution in [1.82, 2.24) is 24.9 Å². The van der Waals surface area contributed by atoms with Crippen molar-refractivity contribution < 1.29 is 0 Å². The van der Waals surface area contributed by atoms with Crippen molar-refractivity contribution in [2.75, 3.05) is 18.2 Å². The highest BCUT2D eigenvalue weighted by molar-refractivity contribution is 7.98. The fourth-order valence-corrected chi connectivity index (χ4v) is 2.99. The van der Waals surface area contributed by atoms with Crippen LogP contribution in [0.4, 0.5) is 5.82 Å². The predicted octanol–water partition coefficient (Wildman–Crippen LogP) is 2.68. The van der Waals surface area contributed by atoms with Gasteiger partial charge in [0.1, 0.15) is 17.6 Å². The number of hydrogen-bond donors (Lipinski definition) is 2. The van der Waals surface area contributed by atoms with E-state index in [1.165, 1.54) is 11.8 Å². The summed E-state index contributed by atoms with van der Waals surface area (Å²) in [5, 5.41) is 10.4. The van der Waals surface area contributed by atoms with E-state index in [0.29, 0.717) is 22.5 Å². The molecular formula is C17H19N7S. The Morgan fingerprint density at radius 1 is 1.28 bits per heavy atom. The number of anilines is 1. The summed E-state index contributed by atoms with van der Waals surface area (Å²) >= 11 is 1.44. The van der Waals surface area contributed by atoms with E-state index in [4.69, 9.17) is 0 Å². The third-order valence-corrected chi connectivity index (χ3v) is 4.35. The number of para-hydroxylation sites is 2. The maximum atomic E-state index is 9.81. The first-order chi connectivity index (χ1) is 12.2. The van der Waals surface area contributed by atoms with E-state index in [0.717, 1.165) is 17.6 Å². The molecule has 0 amide bonds. The van der Waals surface area contributed by atoms with Gasteiger partial charge in [-0.25, -0.2) is 20.4 Å². The fraction of sp³-hybridized carbons (Fsp3) is 0.294. The summed E-state index contributed by atoms with van der Waals surface area (Å²) in [6.07, 6.45) is 1.91. The fourth-order valence-electron chi connectivity index (χ4n) is 2.60. The van der Waals surface area contributed by atoms with Crippen molar-refractivity contribution in [3.8, 4) is 6.07 Å². The molecule has 1 unspecified atom stereocenters. The number of hydrazine groups is 1. The average molecular weight is 353 g/mol. The van der Waals surface area contributed by atoms with Gasteiger partial charge in [0.25, 0.3) is 0 Å². The third kappa shape index (κ3) is 3.43. The lowest BCUT2D eigenvalue weighted by atomic mass is 10.1. The van der Waals surface area contributed by atoms with Crippen LogP contribution in [0.25, 0.3) is 11.0 Å². The van der Waals surface area contributed by atoms with Gasteiger partial charge >= 0.3 is 0 Å². The minimum Gasteiger partial charge on any atom is -0.330 e. The van der Waals surface area contributed by atoms with Crippen LogP contribution in [-0.4, -0.2) is 32.3 Å². The number of aromatic nitrogens is 4. The Morgan fingerprint density at radius 2 is 2.08 bits per heavy atom. The van der Waals surface area contributed by atoms with Gasteiger partial charge in [-0.2, -0.15) is 5.26 Å². The number of aryl methyl sites for hydroxylation is 1. The minimum atomic E-state index is -0.575. The number of imidazole rings is 1. The Labute approximate surface area is 150 Å². The van der Waals surface area contributed by atoms with E-state index in [-0.39, 0.29) is 0 Å². The first kappa shape index (κ1) is 17.2. The maximum absolute atomic E-state index is 9.81. The maximum Gasteiger partial charge on any atom is 0.189 e. The molecule has 1 aromatic carbocycles. The first-order valence-electron chi connectivity index (χ1n) is 7.90. The smallest absolute Gasteiger partial charge is 0.189 e. The summed E-state index contributed by atoms with van der Waals surface area (Å²) in [6.45, 7) is 2.74. The normalized spacial score (nSPS) is 12.1. The van der Waals surface area contributed by atoms with E-state index in [2.05, 4.69) is 31.9 Å². The summed E-state index contributed by atoms with van der Waals surface area (Å²) in [7, 11) is 1.92. The molecule has 25 heavy (non-hydrogen) atoms. The Balaban J connectivity index is 2.08. The molecule has 2 N–H and O–H groups in total. The van der Waals surface area contributed by atoms with Gasteiger partial charge in [0.15, 0.2) is 5.16 Å². The van der Waals surface area contributed by atoms with Crippen molar-refractivity contribution in [2.45, 2.75) is 18.0 Å². The van der Waals surface area contributed by atoms with Crippen LogP contribution in [0.1, 0.15) is 24.4 Å². The van der Waals surface area contributed by atoms with Crippen LogP contribution in [0.5, 0.6) is 0 Å². The summed E-state index contributed by atoms with van der Waals surface area (Å²) in [5.74, 6) is 0.729. The van der Waals surface area contributed by atoms with Gasteiger partial charge in [0.05, 0.1) is 22.8 Å². The quantitative estimate of drug-likeness (QED) is 0.400. The van der Waals surface area contributed by atoms with E-state index in [9.17, 15) is 5.26 Å². The van der Waals surface area contributed by atoms with Crippen LogP contribution in [-0.2, 0) is 7.05 Å². The topological polar surface area (TPSA) is 91.4 Å². The van der Waals surface area contributed by atoms with E-state index in [1.54, 1.807) is 6.07 Å². The predicted molar refractivity (Wildman–Crippen MR) is 99.3 cm³/mol. The Kier molecular flexibility index (Phi) is 5.16. The molecule has 128 valence electrons. The lowest BCUT2D eigenvalue weighted by Gasteiger charge is -2.12. The molecule has 0 aliphatic heterocycles. The third-order valence-electron chi connectivity index (χ3n) is 3.81. The highest BCUT2D eigenvalue weighted by Gasteiger charge is 2.23. The Morgan fingerprint density at radius 3 is 2.76 bits per heavy atom. The molecule has 0 spiro atoms. The molecule has 8 heteroatoms. The number of thioether (sulfide) groups is 1. The molecule has 2 heterocycles. The molecule has 0 saturated carbocycles. The van der Waals surface area contributed by atoms with Gasteiger partial charge in [-0.15, -0.1) is 0 Å². The van der Waals surface area contributed by atoms with Crippen LogP contribution in [0.15, 0.2) is 35.5 Å². The average Bonchev–Trinajstić information content (AvgIpc) is 2.97. The van der Waals surface area contributed by atoms with Gasteiger partial charge in [-0.3, -0.25) is 0 Å². The molecular weight excluding hydrogens is 334 g/mol. The van der Waals surface area contributed by atoms with Gasteiger partial charge in [-0.05, 0) is 18.4 Å². The molecule has 1 atom stereocenters. The summed E-state index contributed by atoms with van der Waals surface area (Å²) in [6, 6.07) is 12.0. The van der Waals surface area contributed by atoms with Crippen LogP contribution in [0, 0.1) is 11.3 Å². The molecule has 0 aliphatic rings. The molecule has 7 nitrogen and oxygen atoms in total. The van der Waals surface area contributed by atoms with Crippen LogP contribution < -0.4 is 10.9 Å². The second kappa shape index (κ2) is 7.51. The summed E-state index contributed by atoms with van der Waals surface area (Å²) < 4.78 is 1.95.